The average molecular weight is 405 g/mol. The number of hydrogen-bond donors (Lipinski definition) is 3. The Morgan fingerprint density at radius 1 is 1.21 bits per heavy atom. The van der Waals surface area contributed by atoms with E-state index in [-0.39, 0.29) is 18.4 Å². The van der Waals surface area contributed by atoms with Crippen LogP contribution >= 0.6 is 0 Å². The van der Waals surface area contributed by atoms with Crippen LogP contribution in [-0.4, -0.2) is 39.7 Å². The van der Waals surface area contributed by atoms with Gasteiger partial charge in [0, 0.05) is 6.42 Å². The number of fused-ring (bicyclic) bond motifs is 1. The molecule has 7 atom stereocenters. The van der Waals surface area contributed by atoms with E-state index < -0.39 is 11.7 Å². The van der Waals surface area contributed by atoms with Crippen molar-refractivity contribution in [3.63, 3.8) is 0 Å². The maximum Gasteiger partial charge on any atom is 0.0874 e. The van der Waals surface area contributed by atoms with Gasteiger partial charge in [-0.05, 0) is 67.8 Å². The SMILES string of the molecule is C[C@H](C[C@@H](O)C[C@@](C)(O)CO)[C@H]1CC[C@H]2[C@@H](OCc3ccccc3)CCC[C@]12C. The topological polar surface area (TPSA) is 69.9 Å². The fourth-order valence-corrected chi connectivity index (χ4v) is 6.32. The summed E-state index contributed by atoms with van der Waals surface area (Å²) >= 11 is 0. The van der Waals surface area contributed by atoms with Crippen LogP contribution in [0, 0.1) is 23.2 Å². The molecule has 0 aromatic heterocycles. The summed E-state index contributed by atoms with van der Waals surface area (Å²) in [6.45, 7) is 6.66. The lowest BCUT2D eigenvalue weighted by molar-refractivity contribution is -0.0802. The molecule has 1 aromatic rings. The van der Waals surface area contributed by atoms with E-state index in [2.05, 4.69) is 38.1 Å². The molecule has 0 amide bonds. The van der Waals surface area contributed by atoms with Crippen molar-refractivity contribution in [2.75, 3.05) is 6.61 Å². The van der Waals surface area contributed by atoms with Gasteiger partial charge in [-0.2, -0.15) is 0 Å². The smallest absolute Gasteiger partial charge is 0.0874 e. The van der Waals surface area contributed by atoms with Crippen LogP contribution in [0.3, 0.4) is 0 Å². The third-order valence-electron chi connectivity index (χ3n) is 7.79. The van der Waals surface area contributed by atoms with Gasteiger partial charge in [-0.15, -0.1) is 0 Å². The molecule has 0 heterocycles. The van der Waals surface area contributed by atoms with Crippen LogP contribution in [0.15, 0.2) is 30.3 Å². The molecule has 0 spiro atoms. The van der Waals surface area contributed by atoms with Crippen LogP contribution < -0.4 is 0 Å². The standard InChI is InChI=1S/C25H40O4/c1-18(14-20(27)15-24(2,28)17-26)21-11-12-22-23(10-7-13-25(21,22)3)29-16-19-8-5-4-6-9-19/h4-6,8-9,18,20-23,26-28H,7,10-17H2,1-3H3/t18-,20-,21-,22+,23+,24-,25-/m1/s1. The molecule has 2 aliphatic carbocycles. The largest absolute Gasteiger partial charge is 0.393 e. The lowest BCUT2D eigenvalue weighted by Gasteiger charge is -2.46. The molecular formula is C25H40O4. The molecule has 3 rings (SSSR count). The van der Waals surface area contributed by atoms with Gasteiger partial charge < -0.3 is 20.1 Å². The monoisotopic (exact) mass is 404 g/mol. The number of aliphatic hydroxyl groups excluding tert-OH is 2. The number of ether oxygens (including phenoxy) is 1. The first-order chi connectivity index (χ1) is 13.7. The highest BCUT2D eigenvalue weighted by atomic mass is 16.5. The van der Waals surface area contributed by atoms with E-state index in [1.54, 1.807) is 6.92 Å². The van der Waals surface area contributed by atoms with E-state index in [0.717, 1.165) is 6.42 Å². The quantitative estimate of drug-likeness (QED) is 0.574. The van der Waals surface area contributed by atoms with Crippen molar-refractivity contribution in [2.24, 2.45) is 23.2 Å². The molecule has 2 fully saturated rings. The normalized spacial score (nSPS) is 33.7. The second-order valence-corrected chi connectivity index (χ2v) is 10.2. The molecule has 0 unspecified atom stereocenters. The molecule has 164 valence electrons. The molecule has 0 bridgehead atoms. The van der Waals surface area contributed by atoms with Gasteiger partial charge in [0.15, 0.2) is 0 Å². The second-order valence-electron chi connectivity index (χ2n) is 10.2. The van der Waals surface area contributed by atoms with Crippen LogP contribution in [-0.2, 0) is 11.3 Å². The van der Waals surface area contributed by atoms with Crippen LogP contribution in [0.25, 0.3) is 0 Å². The lowest BCUT2D eigenvalue weighted by atomic mass is 9.61. The summed E-state index contributed by atoms with van der Waals surface area (Å²) in [5.74, 6) is 1.55. The van der Waals surface area contributed by atoms with Crippen molar-refractivity contribution >= 4 is 0 Å². The number of hydrogen-bond acceptors (Lipinski definition) is 4. The average Bonchev–Trinajstić information content (AvgIpc) is 3.04. The zero-order chi connectivity index (χ0) is 21.1. The van der Waals surface area contributed by atoms with Crippen molar-refractivity contribution < 1.29 is 20.1 Å². The molecule has 1 aromatic carbocycles. The highest BCUT2D eigenvalue weighted by Gasteiger charge is 2.53. The minimum absolute atomic E-state index is 0.226. The summed E-state index contributed by atoms with van der Waals surface area (Å²) in [6.07, 6.45) is 6.64. The Balaban J connectivity index is 1.60. The van der Waals surface area contributed by atoms with Crippen molar-refractivity contribution in [3.05, 3.63) is 35.9 Å². The predicted octanol–water partition coefficient (Wildman–Crippen LogP) is 4.31. The zero-order valence-corrected chi connectivity index (χ0v) is 18.4. The second kappa shape index (κ2) is 9.47. The van der Waals surface area contributed by atoms with Gasteiger partial charge in [-0.25, -0.2) is 0 Å². The maximum absolute atomic E-state index is 10.5. The highest BCUT2D eigenvalue weighted by molar-refractivity contribution is 5.13. The molecule has 29 heavy (non-hydrogen) atoms. The highest BCUT2D eigenvalue weighted by Crippen LogP contribution is 2.58. The molecule has 0 radical (unpaired) electrons. The molecular weight excluding hydrogens is 364 g/mol. The Labute approximate surface area is 176 Å². The third kappa shape index (κ3) is 5.41. The molecule has 3 N–H and O–H groups in total. The summed E-state index contributed by atoms with van der Waals surface area (Å²) in [5.41, 5.74) is 0.294. The maximum atomic E-state index is 10.5. The van der Waals surface area contributed by atoms with Crippen molar-refractivity contribution in [1.29, 1.82) is 0 Å². The summed E-state index contributed by atoms with van der Waals surface area (Å²) < 4.78 is 6.43. The summed E-state index contributed by atoms with van der Waals surface area (Å²) in [7, 11) is 0. The van der Waals surface area contributed by atoms with Gasteiger partial charge >= 0.3 is 0 Å². The molecule has 0 aliphatic heterocycles. The first-order valence-corrected chi connectivity index (χ1v) is 11.4. The van der Waals surface area contributed by atoms with Gasteiger partial charge in [0.2, 0.25) is 0 Å². The van der Waals surface area contributed by atoms with Crippen molar-refractivity contribution in [3.8, 4) is 0 Å². The van der Waals surface area contributed by atoms with Gasteiger partial charge in [-0.3, -0.25) is 0 Å². The fourth-order valence-electron chi connectivity index (χ4n) is 6.32. The zero-order valence-electron chi connectivity index (χ0n) is 18.4. The minimum Gasteiger partial charge on any atom is -0.393 e. The van der Waals surface area contributed by atoms with Crippen LogP contribution in [0.4, 0.5) is 0 Å². The Morgan fingerprint density at radius 3 is 2.62 bits per heavy atom. The Kier molecular flexibility index (Phi) is 7.42. The summed E-state index contributed by atoms with van der Waals surface area (Å²) in [5, 5.41) is 29.8. The Hall–Kier alpha value is -0.940. The summed E-state index contributed by atoms with van der Waals surface area (Å²) in [6, 6.07) is 10.4. The first kappa shape index (κ1) is 22.7. The van der Waals surface area contributed by atoms with E-state index in [1.165, 1.54) is 31.2 Å². The first-order valence-electron chi connectivity index (χ1n) is 11.4. The van der Waals surface area contributed by atoms with Crippen LogP contribution in [0.1, 0.15) is 71.3 Å². The Bertz CT molecular complexity index is 631. The van der Waals surface area contributed by atoms with Gasteiger partial charge in [0.25, 0.3) is 0 Å². The van der Waals surface area contributed by atoms with E-state index >= 15 is 0 Å². The van der Waals surface area contributed by atoms with Crippen LogP contribution in [0.5, 0.6) is 0 Å². The Morgan fingerprint density at radius 2 is 1.93 bits per heavy atom. The van der Waals surface area contributed by atoms with Crippen LogP contribution in [0.2, 0.25) is 0 Å². The number of benzene rings is 1. The van der Waals surface area contributed by atoms with Crippen molar-refractivity contribution in [1.82, 2.24) is 0 Å². The molecule has 4 heteroatoms. The van der Waals surface area contributed by atoms with Crippen molar-refractivity contribution in [2.45, 2.75) is 90.1 Å². The van der Waals surface area contributed by atoms with Gasteiger partial charge in [-0.1, -0.05) is 50.6 Å². The van der Waals surface area contributed by atoms with E-state index in [0.29, 0.717) is 36.9 Å². The van der Waals surface area contributed by atoms with Gasteiger partial charge in [0.1, 0.15) is 0 Å². The van der Waals surface area contributed by atoms with E-state index in [4.69, 9.17) is 4.74 Å². The van der Waals surface area contributed by atoms with Gasteiger partial charge in [0.05, 0.1) is 31.0 Å². The third-order valence-corrected chi connectivity index (χ3v) is 7.79. The fraction of sp³-hybridized carbons (Fsp3) is 0.760. The molecule has 2 aliphatic rings. The molecule has 2 saturated carbocycles. The predicted molar refractivity (Wildman–Crippen MR) is 115 cm³/mol. The number of rotatable bonds is 9. The molecule has 0 saturated heterocycles. The molecule has 4 nitrogen and oxygen atoms in total. The van der Waals surface area contributed by atoms with E-state index in [9.17, 15) is 15.3 Å². The minimum atomic E-state index is -1.21. The number of aliphatic hydroxyl groups is 3. The lowest BCUT2D eigenvalue weighted by Crippen LogP contribution is -2.43. The van der Waals surface area contributed by atoms with E-state index in [1.807, 2.05) is 6.07 Å². The summed E-state index contributed by atoms with van der Waals surface area (Å²) in [4.78, 5) is 0.